The fourth-order valence-corrected chi connectivity index (χ4v) is 3.23. The molecular formula is C17H22N2O5. The monoisotopic (exact) mass is 334 g/mol. The molecule has 7 heteroatoms. The lowest BCUT2D eigenvalue weighted by Gasteiger charge is -2.34. The van der Waals surface area contributed by atoms with Gasteiger partial charge >= 0.3 is 5.97 Å². The van der Waals surface area contributed by atoms with Gasteiger partial charge in [0.05, 0.1) is 4.92 Å². The van der Waals surface area contributed by atoms with Crippen LogP contribution in [0.4, 0.5) is 5.69 Å². The molecule has 1 amide bonds. The van der Waals surface area contributed by atoms with Crippen molar-refractivity contribution in [3.63, 3.8) is 0 Å². The number of benzene rings is 1. The maximum atomic E-state index is 12.2. The zero-order valence-electron chi connectivity index (χ0n) is 14.2. The Morgan fingerprint density at radius 3 is 2.50 bits per heavy atom. The van der Waals surface area contributed by atoms with Crippen molar-refractivity contribution in [1.82, 2.24) is 4.90 Å². The quantitative estimate of drug-likeness (QED) is 0.479. The molecule has 0 unspecified atom stereocenters. The summed E-state index contributed by atoms with van der Waals surface area (Å²) in [6.07, 6.45) is 1.07. The number of ether oxygens (including phenoxy) is 1. The van der Waals surface area contributed by atoms with E-state index in [1.807, 2.05) is 0 Å². The number of para-hydroxylation sites is 1. The van der Waals surface area contributed by atoms with Crippen LogP contribution in [0.25, 0.3) is 0 Å². The second kappa shape index (κ2) is 7.42. The van der Waals surface area contributed by atoms with Crippen LogP contribution < -0.4 is 0 Å². The number of amides is 1. The van der Waals surface area contributed by atoms with E-state index in [1.165, 1.54) is 6.07 Å². The molecule has 7 nitrogen and oxygen atoms in total. The van der Waals surface area contributed by atoms with E-state index in [9.17, 15) is 19.7 Å². The molecule has 0 bridgehead atoms. The van der Waals surface area contributed by atoms with Crippen LogP contribution in [0.5, 0.6) is 0 Å². The minimum absolute atomic E-state index is 0.131. The minimum atomic E-state index is -0.850. The first-order valence-electron chi connectivity index (χ1n) is 7.98. The number of piperidine rings is 1. The molecule has 2 rings (SSSR count). The summed E-state index contributed by atoms with van der Waals surface area (Å²) in [4.78, 5) is 36.6. The van der Waals surface area contributed by atoms with Gasteiger partial charge in [-0.3, -0.25) is 14.9 Å². The highest BCUT2D eigenvalue weighted by Gasteiger charge is 2.28. The topological polar surface area (TPSA) is 89.8 Å². The predicted octanol–water partition coefficient (Wildman–Crippen LogP) is 2.56. The fourth-order valence-electron chi connectivity index (χ4n) is 3.23. The largest absolute Gasteiger partial charge is 0.452 e. The number of aryl methyl sites for hydroxylation is 1. The standard InChI is InChI=1S/C17H22N2O5/c1-11-7-12(2)9-18(8-11)15(20)10-24-17(21)14-6-4-5-13(3)16(14)19(22)23/h4-6,11-12H,7-10H2,1-3H3/t11-,12-/m0/s1. The van der Waals surface area contributed by atoms with Crippen LogP contribution in [0.2, 0.25) is 0 Å². The van der Waals surface area contributed by atoms with Crippen LogP contribution >= 0.6 is 0 Å². The predicted molar refractivity (Wildman–Crippen MR) is 87.6 cm³/mol. The number of carbonyl (C=O) groups excluding carboxylic acids is 2. The normalized spacial score (nSPS) is 20.5. The van der Waals surface area contributed by atoms with Gasteiger partial charge in [-0.15, -0.1) is 0 Å². The van der Waals surface area contributed by atoms with Gasteiger partial charge in [-0.25, -0.2) is 4.79 Å². The Balaban J connectivity index is 2.02. The molecule has 1 fully saturated rings. The lowest BCUT2D eigenvalue weighted by Crippen LogP contribution is -2.44. The Morgan fingerprint density at radius 2 is 1.92 bits per heavy atom. The molecule has 24 heavy (non-hydrogen) atoms. The number of nitro groups is 1. The molecule has 0 N–H and O–H groups in total. The average Bonchev–Trinajstić information content (AvgIpc) is 2.50. The number of carbonyl (C=O) groups is 2. The average molecular weight is 334 g/mol. The van der Waals surface area contributed by atoms with Gasteiger partial charge in [0.1, 0.15) is 5.56 Å². The smallest absolute Gasteiger partial charge is 0.345 e. The van der Waals surface area contributed by atoms with Crippen LogP contribution in [0.1, 0.15) is 36.2 Å². The highest BCUT2D eigenvalue weighted by molar-refractivity contribution is 5.95. The van der Waals surface area contributed by atoms with E-state index in [1.54, 1.807) is 24.0 Å². The molecule has 1 aromatic carbocycles. The van der Waals surface area contributed by atoms with E-state index in [0.717, 1.165) is 6.42 Å². The van der Waals surface area contributed by atoms with Gasteiger partial charge in [0.2, 0.25) is 0 Å². The number of likely N-dealkylation sites (tertiary alicyclic amines) is 1. The van der Waals surface area contributed by atoms with Gasteiger partial charge in [-0.1, -0.05) is 26.0 Å². The Kier molecular flexibility index (Phi) is 5.54. The Hall–Kier alpha value is -2.44. The maximum absolute atomic E-state index is 12.2. The summed E-state index contributed by atoms with van der Waals surface area (Å²) < 4.78 is 5.02. The van der Waals surface area contributed by atoms with Crippen LogP contribution in [-0.4, -0.2) is 41.4 Å². The number of rotatable bonds is 4. The van der Waals surface area contributed by atoms with Crippen molar-refractivity contribution in [2.45, 2.75) is 27.2 Å². The molecule has 0 radical (unpaired) electrons. The molecule has 130 valence electrons. The third-order valence-electron chi connectivity index (χ3n) is 4.19. The minimum Gasteiger partial charge on any atom is -0.452 e. The molecule has 0 aromatic heterocycles. The van der Waals surface area contributed by atoms with Crippen molar-refractivity contribution in [3.8, 4) is 0 Å². The Morgan fingerprint density at radius 1 is 1.29 bits per heavy atom. The molecule has 1 aromatic rings. The fraction of sp³-hybridized carbons (Fsp3) is 0.529. The van der Waals surface area contributed by atoms with Gasteiger partial charge in [0.15, 0.2) is 6.61 Å². The summed E-state index contributed by atoms with van der Waals surface area (Å²) in [7, 11) is 0. The van der Waals surface area contributed by atoms with Crippen molar-refractivity contribution in [1.29, 1.82) is 0 Å². The highest BCUT2D eigenvalue weighted by Crippen LogP contribution is 2.24. The van der Waals surface area contributed by atoms with Crippen LogP contribution in [0.15, 0.2) is 18.2 Å². The van der Waals surface area contributed by atoms with Crippen molar-refractivity contribution >= 4 is 17.6 Å². The lowest BCUT2D eigenvalue weighted by molar-refractivity contribution is -0.385. The van der Waals surface area contributed by atoms with E-state index < -0.39 is 17.5 Å². The molecule has 1 aliphatic rings. The summed E-state index contributed by atoms with van der Waals surface area (Å²) in [5, 5.41) is 11.1. The lowest BCUT2D eigenvalue weighted by atomic mass is 9.92. The van der Waals surface area contributed by atoms with E-state index in [2.05, 4.69) is 13.8 Å². The van der Waals surface area contributed by atoms with Crippen molar-refractivity contribution in [2.24, 2.45) is 11.8 Å². The number of hydrogen-bond donors (Lipinski definition) is 0. The van der Waals surface area contributed by atoms with Gasteiger partial charge in [-0.05, 0) is 31.2 Å². The summed E-state index contributed by atoms with van der Waals surface area (Å²) >= 11 is 0. The molecule has 0 spiro atoms. The van der Waals surface area contributed by atoms with E-state index >= 15 is 0 Å². The summed E-state index contributed by atoms with van der Waals surface area (Å²) in [6, 6.07) is 4.44. The first-order chi connectivity index (χ1) is 11.3. The third kappa shape index (κ3) is 4.10. The number of esters is 1. The second-order valence-corrected chi connectivity index (χ2v) is 6.55. The highest BCUT2D eigenvalue weighted by atomic mass is 16.6. The molecule has 2 atom stereocenters. The van der Waals surface area contributed by atoms with Crippen molar-refractivity contribution in [3.05, 3.63) is 39.4 Å². The number of nitro benzene ring substituents is 1. The number of hydrogen-bond acceptors (Lipinski definition) is 5. The van der Waals surface area contributed by atoms with Crippen LogP contribution in [-0.2, 0) is 9.53 Å². The SMILES string of the molecule is Cc1cccc(C(=O)OCC(=O)N2C[C@@H](C)C[C@H](C)C2)c1[N+](=O)[O-]. The number of nitrogens with zero attached hydrogens (tertiary/aromatic N) is 2. The second-order valence-electron chi connectivity index (χ2n) is 6.55. The molecule has 0 saturated carbocycles. The zero-order chi connectivity index (χ0) is 17.9. The molecule has 0 aliphatic carbocycles. The van der Waals surface area contributed by atoms with E-state index in [-0.39, 0.29) is 17.2 Å². The van der Waals surface area contributed by atoms with Gasteiger partial charge in [0, 0.05) is 18.7 Å². The van der Waals surface area contributed by atoms with Crippen LogP contribution in [0.3, 0.4) is 0 Å². The first-order valence-corrected chi connectivity index (χ1v) is 7.98. The third-order valence-corrected chi connectivity index (χ3v) is 4.19. The van der Waals surface area contributed by atoms with E-state index in [0.29, 0.717) is 30.5 Å². The zero-order valence-corrected chi connectivity index (χ0v) is 14.2. The van der Waals surface area contributed by atoms with Gasteiger partial charge in [0.25, 0.3) is 11.6 Å². The van der Waals surface area contributed by atoms with Gasteiger partial charge < -0.3 is 9.64 Å². The van der Waals surface area contributed by atoms with Gasteiger partial charge in [-0.2, -0.15) is 0 Å². The van der Waals surface area contributed by atoms with Crippen LogP contribution in [0, 0.1) is 28.9 Å². The Labute approximate surface area is 140 Å². The summed E-state index contributed by atoms with van der Waals surface area (Å²) in [6.45, 7) is 6.60. The molecule has 1 saturated heterocycles. The first kappa shape index (κ1) is 17.9. The summed E-state index contributed by atoms with van der Waals surface area (Å²) in [5.41, 5.74) is -0.0391. The molecule has 1 aliphatic heterocycles. The maximum Gasteiger partial charge on any atom is 0.345 e. The van der Waals surface area contributed by atoms with E-state index in [4.69, 9.17) is 4.74 Å². The molecular weight excluding hydrogens is 312 g/mol. The van der Waals surface area contributed by atoms with Crippen molar-refractivity contribution < 1.29 is 19.2 Å². The molecule has 1 heterocycles. The summed E-state index contributed by atoms with van der Waals surface area (Å²) in [5.74, 6) is -0.300. The Bertz CT molecular complexity index is 648. The van der Waals surface area contributed by atoms with Crippen molar-refractivity contribution in [2.75, 3.05) is 19.7 Å².